The highest BCUT2D eigenvalue weighted by atomic mass is 79.9. The standard InChI is InChI=1S/C46H56BrN12O6P/c1-7-27-23-33(53-45-50-25-30(47)42(55-45)52-32-12-11-31-39(41(32)66(5,6)64)44(62)56(2)26-51-31)37(65-4)24-36(27)58-21-16-29(17-22-58)49-20-19-48-18-15-28-9-8-10-34-40(28)57(3)46(63)59(34)35-13-14-38(60)54-43(35)61/h8-12,23-26,29,35,48-49H,7,13-22H2,1-6H3,(H,54,60,61)(H2,50,52,53,55). The zero-order valence-corrected chi connectivity index (χ0v) is 40.5. The molecule has 2 aliphatic heterocycles. The number of benzene rings is 3. The fraction of sp³-hybridized carbons (Fsp3) is 0.413. The monoisotopic (exact) mass is 982 g/mol. The number of nitrogens with one attached hydrogen (secondary N) is 5. The van der Waals surface area contributed by atoms with Crippen molar-refractivity contribution < 1.29 is 18.9 Å². The van der Waals surface area contributed by atoms with E-state index >= 15 is 0 Å². The third kappa shape index (κ3) is 9.52. The largest absolute Gasteiger partial charge is 0.494 e. The maximum absolute atomic E-state index is 13.7. The van der Waals surface area contributed by atoms with Gasteiger partial charge in [0.1, 0.15) is 24.8 Å². The molecule has 2 amide bonds. The van der Waals surface area contributed by atoms with Gasteiger partial charge in [-0.05, 0) is 103 Å². The van der Waals surface area contributed by atoms with Crippen LogP contribution in [0, 0.1) is 0 Å². The number of hydrogen-bond donors (Lipinski definition) is 5. The molecule has 3 aromatic heterocycles. The summed E-state index contributed by atoms with van der Waals surface area (Å²) in [7, 11) is 2.02. The number of imidazole rings is 1. The number of para-hydroxylation sites is 1. The third-order valence-corrected chi connectivity index (χ3v) is 14.6. The number of aromatic nitrogens is 6. The molecule has 18 nitrogen and oxygen atoms in total. The molecule has 1 unspecified atom stereocenters. The molecule has 3 aromatic carbocycles. The summed E-state index contributed by atoms with van der Waals surface area (Å²) in [5.74, 6) is 0.645. The number of fused-ring (bicyclic) bond motifs is 2. The fourth-order valence-electron chi connectivity index (χ4n) is 9.15. The highest BCUT2D eigenvalue weighted by Gasteiger charge is 2.32. The first kappa shape index (κ1) is 46.6. The van der Waals surface area contributed by atoms with Crippen LogP contribution in [0.15, 0.2) is 69.1 Å². The van der Waals surface area contributed by atoms with Crippen LogP contribution in [0.4, 0.5) is 28.8 Å². The normalized spacial score (nSPS) is 16.0. The lowest BCUT2D eigenvalue weighted by Crippen LogP contribution is -2.44. The van der Waals surface area contributed by atoms with E-state index in [4.69, 9.17) is 9.72 Å². The number of methoxy groups -OCH3 is 1. The Morgan fingerprint density at radius 3 is 2.45 bits per heavy atom. The third-order valence-electron chi connectivity index (χ3n) is 12.5. The van der Waals surface area contributed by atoms with Crippen LogP contribution >= 0.6 is 23.1 Å². The number of piperidine rings is 2. The van der Waals surface area contributed by atoms with E-state index in [1.165, 1.54) is 15.5 Å². The molecule has 5 N–H and O–H groups in total. The second kappa shape index (κ2) is 19.5. The predicted octanol–water partition coefficient (Wildman–Crippen LogP) is 4.81. The topological polar surface area (TPSA) is 211 Å². The first-order valence-corrected chi connectivity index (χ1v) is 25.6. The smallest absolute Gasteiger partial charge is 0.329 e. The summed E-state index contributed by atoms with van der Waals surface area (Å²) in [5.41, 5.74) is 5.96. The number of nitrogens with zero attached hydrogens (tertiary/aromatic N) is 7. The molecular weight excluding hydrogens is 927 g/mol. The molecule has 0 saturated carbocycles. The van der Waals surface area contributed by atoms with Crippen molar-refractivity contribution in [2.45, 2.75) is 57.5 Å². The Bertz CT molecular complexity index is 3010. The fourth-order valence-corrected chi connectivity index (χ4v) is 10.9. The van der Waals surface area contributed by atoms with Crippen molar-refractivity contribution >= 4 is 91.0 Å². The maximum atomic E-state index is 13.7. The highest BCUT2D eigenvalue weighted by molar-refractivity contribution is 9.10. The zero-order valence-electron chi connectivity index (χ0n) is 38.0. The molecule has 0 spiro atoms. The van der Waals surface area contributed by atoms with Crippen LogP contribution in [0.1, 0.15) is 49.8 Å². The van der Waals surface area contributed by atoms with E-state index in [0.717, 1.165) is 80.0 Å². The van der Waals surface area contributed by atoms with Crippen LogP contribution < -0.4 is 52.8 Å². The number of aryl methyl sites for hydroxylation is 3. The van der Waals surface area contributed by atoms with Crippen molar-refractivity contribution in [3.05, 3.63) is 91.4 Å². The summed E-state index contributed by atoms with van der Waals surface area (Å²) in [6.07, 6.45) is 7.09. The van der Waals surface area contributed by atoms with Crippen molar-refractivity contribution in [3.8, 4) is 5.75 Å². The molecule has 0 bridgehead atoms. The van der Waals surface area contributed by atoms with Crippen LogP contribution in [0.2, 0.25) is 0 Å². The Morgan fingerprint density at radius 1 is 0.939 bits per heavy atom. The van der Waals surface area contributed by atoms with E-state index in [2.05, 4.69) is 76.4 Å². The first-order chi connectivity index (χ1) is 31.7. The number of carbonyl (C=O) groups excluding carboxylic acids is 2. The van der Waals surface area contributed by atoms with Crippen LogP contribution in [0.3, 0.4) is 0 Å². The Kier molecular flexibility index (Phi) is 13.8. The van der Waals surface area contributed by atoms with Gasteiger partial charge in [0.2, 0.25) is 17.8 Å². The summed E-state index contributed by atoms with van der Waals surface area (Å²) < 4.78 is 24.7. The Balaban J connectivity index is 0.864. The number of hydrogen-bond acceptors (Lipinski definition) is 14. The van der Waals surface area contributed by atoms with Gasteiger partial charge in [-0.1, -0.05) is 19.1 Å². The molecule has 1 atom stereocenters. The first-order valence-electron chi connectivity index (χ1n) is 22.2. The second-order valence-corrected chi connectivity index (χ2v) is 21.2. The molecule has 20 heteroatoms. The average molecular weight is 984 g/mol. The van der Waals surface area contributed by atoms with Gasteiger partial charge in [-0.15, -0.1) is 0 Å². The van der Waals surface area contributed by atoms with Gasteiger partial charge in [0.05, 0.1) is 51.2 Å². The van der Waals surface area contributed by atoms with Gasteiger partial charge in [-0.25, -0.2) is 14.8 Å². The number of imide groups is 1. The average Bonchev–Trinajstić information content (AvgIpc) is 3.55. The van der Waals surface area contributed by atoms with E-state index in [1.807, 2.05) is 18.2 Å². The molecule has 2 saturated heterocycles. The summed E-state index contributed by atoms with van der Waals surface area (Å²) in [4.78, 5) is 67.0. The summed E-state index contributed by atoms with van der Waals surface area (Å²) in [5, 5.41) is 17.0. The van der Waals surface area contributed by atoms with Gasteiger partial charge in [0.15, 0.2) is 0 Å². The van der Waals surface area contributed by atoms with E-state index < -0.39 is 19.1 Å². The number of ether oxygens (including phenoxy) is 1. The summed E-state index contributed by atoms with van der Waals surface area (Å²) in [6.45, 7) is 9.53. The van der Waals surface area contributed by atoms with Crippen molar-refractivity contribution in [3.63, 3.8) is 0 Å². The highest BCUT2D eigenvalue weighted by Crippen LogP contribution is 2.42. The quantitative estimate of drug-likeness (QED) is 0.0501. The Hall–Kier alpha value is -5.88. The number of rotatable bonds is 16. The minimum absolute atomic E-state index is 0.205. The van der Waals surface area contributed by atoms with Crippen LogP contribution in [0.5, 0.6) is 5.75 Å². The number of halogens is 1. The van der Waals surface area contributed by atoms with Crippen LogP contribution in [-0.2, 0) is 41.1 Å². The van der Waals surface area contributed by atoms with Gasteiger partial charge >= 0.3 is 5.69 Å². The lowest BCUT2D eigenvalue weighted by Gasteiger charge is -2.35. The molecule has 8 rings (SSSR count). The Morgan fingerprint density at radius 2 is 1.73 bits per heavy atom. The molecule has 6 aromatic rings. The van der Waals surface area contributed by atoms with E-state index in [9.17, 15) is 23.7 Å². The van der Waals surface area contributed by atoms with Gasteiger partial charge < -0.3 is 40.0 Å². The number of carbonyl (C=O) groups is 2. The SMILES string of the molecule is CCc1cc(Nc2ncc(Br)c(Nc3ccc4ncn(C)c(=O)c4c3P(C)(C)=O)n2)c(OC)cc1N1CCC(NCCNCCc2cccc3c2n(C)c(=O)n3C2CCC(=O)NC2=O)CC1. The maximum Gasteiger partial charge on any atom is 0.329 e. The van der Waals surface area contributed by atoms with Gasteiger partial charge in [-0.2, -0.15) is 4.98 Å². The second-order valence-electron chi connectivity index (χ2n) is 17.2. The van der Waals surface area contributed by atoms with Crippen LogP contribution in [0.25, 0.3) is 21.9 Å². The molecule has 2 aliphatic rings. The minimum Gasteiger partial charge on any atom is -0.494 e. The molecular formula is C46H56BrN12O6P. The van der Waals surface area contributed by atoms with Gasteiger partial charge in [-0.3, -0.25) is 28.8 Å². The van der Waals surface area contributed by atoms with Crippen molar-refractivity contribution in [2.24, 2.45) is 14.1 Å². The van der Waals surface area contributed by atoms with Crippen molar-refractivity contribution in [1.29, 1.82) is 0 Å². The molecule has 0 aliphatic carbocycles. The number of amides is 2. The van der Waals surface area contributed by atoms with Crippen molar-refractivity contribution in [2.75, 3.05) is 68.7 Å². The summed E-state index contributed by atoms with van der Waals surface area (Å²) >= 11 is 3.56. The lowest BCUT2D eigenvalue weighted by atomic mass is 10.0. The minimum atomic E-state index is -2.98. The molecule has 2 fully saturated rings. The lowest BCUT2D eigenvalue weighted by molar-refractivity contribution is -0.135. The zero-order chi connectivity index (χ0) is 46.9. The number of anilines is 5. The molecule has 5 heterocycles. The summed E-state index contributed by atoms with van der Waals surface area (Å²) in [6, 6.07) is 13.1. The predicted molar refractivity (Wildman–Crippen MR) is 263 cm³/mol. The molecule has 66 heavy (non-hydrogen) atoms. The molecule has 348 valence electrons. The Labute approximate surface area is 390 Å². The molecule has 0 radical (unpaired) electrons. The van der Waals surface area contributed by atoms with Crippen LogP contribution in [-0.4, -0.2) is 99.7 Å². The van der Waals surface area contributed by atoms with E-state index in [1.54, 1.807) is 57.4 Å². The van der Waals surface area contributed by atoms with Gasteiger partial charge in [0.25, 0.3) is 5.56 Å². The van der Waals surface area contributed by atoms with Gasteiger partial charge in [0, 0.05) is 76.0 Å². The van der Waals surface area contributed by atoms with E-state index in [-0.39, 0.29) is 23.6 Å². The van der Waals surface area contributed by atoms with E-state index in [0.29, 0.717) is 68.3 Å². The van der Waals surface area contributed by atoms with Crippen molar-refractivity contribution in [1.82, 2.24) is 44.6 Å².